The van der Waals surface area contributed by atoms with E-state index in [1.807, 2.05) is 44.2 Å². The molecule has 0 saturated heterocycles. The van der Waals surface area contributed by atoms with Crippen LogP contribution >= 0.6 is 0 Å². The average molecular weight is 790 g/mol. The van der Waals surface area contributed by atoms with Crippen LogP contribution in [0.2, 0.25) is 0 Å². The van der Waals surface area contributed by atoms with Gasteiger partial charge in [-0.2, -0.15) is 10.5 Å². The highest BCUT2D eigenvalue weighted by Gasteiger charge is 2.27. The average Bonchev–Trinajstić information content (AvgIpc) is 3.18. The smallest absolute Gasteiger partial charge is 0.131 e. The lowest BCUT2D eigenvalue weighted by molar-refractivity contribution is 0.0745. The molecule has 6 nitrogen and oxygen atoms in total. The summed E-state index contributed by atoms with van der Waals surface area (Å²) in [5.74, 6) is -0.0519. The molecule has 58 heavy (non-hydrogen) atoms. The molecular weight excluding hydrogens is 743 g/mol. The lowest BCUT2D eigenvalue weighted by Crippen LogP contribution is -2.26. The van der Waals surface area contributed by atoms with Crippen LogP contribution in [0.3, 0.4) is 0 Å². The Labute approximate surface area is 338 Å². The van der Waals surface area contributed by atoms with Crippen LogP contribution in [-0.4, -0.2) is 5.11 Å². The molecule has 0 aromatic heterocycles. The molecule has 300 valence electrons. The van der Waals surface area contributed by atoms with Gasteiger partial charge in [0.15, 0.2) is 0 Å². The summed E-state index contributed by atoms with van der Waals surface area (Å²) < 4.78 is 64.5. The van der Waals surface area contributed by atoms with Crippen LogP contribution in [0.15, 0.2) is 146 Å². The number of rotatable bonds is 8. The fourth-order valence-electron chi connectivity index (χ4n) is 5.48. The minimum Gasteiger partial charge on any atom is -0.483 e. The van der Waals surface area contributed by atoms with Crippen LogP contribution in [-0.2, 0) is 23.3 Å². The van der Waals surface area contributed by atoms with Crippen molar-refractivity contribution in [1.29, 1.82) is 10.5 Å². The number of hydrogen-bond donors (Lipinski definition) is 2. The minimum atomic E-state index is -1.09. The Bertz CT molecular complexity index is 2330. The molecule has 0 unspecified atom stereocenters. The Morgan fingerprint density at radius 1 is 0.517 bits per heavy atom. The monoisotopic (exact) mass is 789 g/mol. The van der Waals surface area contributed by atoms with Gasteiger partial charge in [-0.25, -0.2) is 17.6 Å². The number of halogens is 4. The van der Waals surface area contributed by atoms with Gasteiger partial charge in [0.25, 0.3) is 0 Å². The van der Waals surface area contributed by atoms with Crippen LogP contribution in [0, 0.1) is 45.9 Å². The number of nitriles is 2. The van der Waals surface area contributed by atoms with E-state index < -0.39 is 16.8 Å². The van der Waals surface area contributed by atoms with E-state index in [1.165, 1.54) is 36.4 Å². The van der Waals surface area contributed by atoms with E-state index >= 15 is 0 Å². The quantitative estimate of drug-likeness (QED) is 0.149. The number of benzene rings is 6. The second kappa shape index (κ2) is 21.2. The predicted octanol–water partition coefficient (Wildman–Crippen LogP) is 11.4. The summed E-state index contributed by atoms with van der Waals surface area (Å²) in [6.07, 6.45) is 0. The largest absolute Gasteiger partial charge is 0.483 e. The lowest BCUT2D eigenvalue weighted by Gasteiger charge is -2.27. The van der Waals surface area contributed by atoms with Gasteiger partial charge in [0.05, 0.1) is 28.9 Å². The topological polar surface area (TPSA) is 112 Å². The lowest BCUT2D eigenvalue weighted by atomic mass is 9.97. The normalized spacial score (nSPS) is 10.8. The van der Waals surface area contributed by atoms with Gasteiger partial charge < -0.3 is 20.3 Å². The first-order valence-corrected chi connectivity index (χ1v) is 18.2. The van der Waals surface area contributed by atoms with Crippen molar-refractivity contribution in [2.24, 2.45) is 5.73 Å². The molecular formula is C48H47F4N3O3. The Hall–Kier alpha value is -6.46. The van der Waals surface area contributed by atoms with E-state index in [2.05, 4.69) is 6.07 Å². The number of hydrogen-bond acceptors (Lipinski definition) is 6. The molecule has 0 radical (unpaired) electrons. The van der Waals surface area contributed by atoms with Crippen LogP contribution in [0.4, 0.5) is 17.6 Å². The molecule has 0 spiro atoms. The first-order valence-electron chi connectivity index (χ1n) is 18.2. The number of nitrogens with zero attached hydrogens (tertiary/aromatic N) is 2. The summed E-state index contributed by atoms with van der Waals surface area (Å²) in [6.45, 7) is 10.9. The van der Waals surface area contributed by atoms with Gasteiger partial charge in [-0.3, -0.25) is 0 Å². The molecule has 10 heteroatoms. The van der Waals surface area contributed by atoms with Crippen LogP contribution in [0.25, 0.3) is 0 Å². The van der Waals surface area contributed by atoms with E-state index in [-0.39, 0.29) is 23.3 Å². The number of aliphatic hydroxyl groups is 1. The Morgan fingerprint density at radius 3 is 1.29 bits per heavy atom. The SMILES string of the molecule is CC(C)(O)c1ccccc1F.CC(C)(Oc1cccc(C#N)c1)c1ccccc1F.CC(C)(Oc1cccc(CN)c1)c1ccccc1F.N#Cc1cccc(F)c1. The zero-order valence-electron chi connectivity index (χ0n) is 33.3. The van der Waals surface area contributed by atoms with Gasteiger partial charge in [0.2, 0.25) is 0 Å². The molecule has 0 atom stereocenters. The fraction of sp³-hybridized carbons (Fsp3) is 0.208. The number of nitrogens with two attached hydrogens (primary N) is 1. The summed E-state index contributed by atoms with van der Waals surface area (Å²) in [5.41, 5.74) is 6.18. The highest BCUT2D eigenvalue weighted by atomic mass is 19.1. The van der Waals surface area contributed by atoms with Crippen molar-refractivity contribution in [3.05, 3.63) is 202 Å². The van der Waals surface area contributed by atoms with E-state index in [0.717, 1.165) is 5.56 Å². The van der Waals surface area contributed by atoms with Gasteiger partial charge >= 0.3 is 0 Å². The standard InChI is InChI=1S/C16H18FNO.C16H14FNO.C9H11FO.C7H4FN/c2*1-16(2,14-8-3-4-9-15(14)17)19-13-7-5-6-12(10-13)11-18;1-9(2,11)7-5-3-4-6-8(7)10;8-7-3-1-2-6(4-7)5-9/h3-10H,11,18H2,1-2H3;3-10H,1-2H3;3-6,11H,1-2H3;1-4H. The van der Waals surface area contributed by atoms with Crippen molar-refractivity contribution in [2.45, 2.75) is 64.9 Å². The van der Waals surface area contributed by atoms with Gasteiger partial charge in [0.1, 0.15) is 46.0 Å². The van der Waals surface area contributed by atoms with E-state index in [9.17, 15) is 22.7 Å². The molecule has 0 aliphatic carbocycles. The van der Waals surface area contributed by atoms with E-state index in [0.29, 0.717) is 45.9 Å². The van der Waals surface area contributed by atoms with Gasteiger partial charge in [-0.15, -0.1) is 0 Å². The van der Waals surface area contributed by atoms with Crippen molar-refractivity contribution in [1.82, 2.24) is 0 Å². The number of ether oxygens (including phenoxy) is 2. The third-order valence-corrected chi connectivity index (χ3v) is 8.37. The highest BCUT2D eigenvalue weighted by molar-refractivity contribution is 5.37. The van der Waals surface area contributed by atoms with Crippen molar-refractivity contribution in [3.8, 4) is 23.6 Å². The zero-order valence-corrected chi connectivity index (χ0v) is 33.3. The molecule has 0 fully saturated rings. The molecule has 6 rings (SSSR count). The van der Waals surface area contributed by atoms with E-state index in [1.54, 1.807) is 113 Å². The first kappa shape index (κ1) is 45.9. The minimum absolute atomic E-state index is 0.262. The van der Waals surface area contributed by atoms with Crippen molar-refractivity contribution in [2.75, 3.05) is 0 Å². The van der Waals surface area contributed by atoms with Crippen molar-refractivity contribution in [3.63, 3.8) is 0 Å². The molecule has 0 amide bonds. The molecule has 0 aliphatic rings. The molecule has 0 saturated carbocycles. The molecule has 0 bridgehead atoms. The summed E-state index contributed by atoms with van der Waals surface area (Å²) in [5, 5.41) is 26.5. The molecule has 6 aromatic rings. The third kappa shape index (κ3) is 14.2. The van der Waals surface area contributed by atoms with Crippen LogP contribution < -0.4 is 15.2 Å². The maximum atomic E-state index is 13.8. The highest BCUT2D eigenvalue weighted by Crippen LogP contribution is 2.31. The van der Waals surface area contributed by atoms with Gasteiger partial charge in [0, 0.05) is 23.2 Å². The van der Waals surface area contributed by atoms with E-state index in [4.69, 9.17) is 25.7 Å². The summed E-state index contributed by atoms with van der Waals surface area (Å²) >= 11 is 0. The first-order chi connectivity index (χ1) is 27.4. The molecule has 3 N–H and O–H groups in total. The summed E-state index contributed by atoms with van der Waals surface area (Å²) in [7, 11) is 0. The molecule has 0 heterocycles. The van der Waals surface area contributed by atoms with Gasteiger partial charge in [-0.1, -0.05) is 78.9 Å². The fourth-order valence-corrected chi connectivity index (χ4v) is 5.48. The Kier molecular flexibility index (Phi) is 16.8. The second-order valence-corrected chi connectivity index (χ2v) is 14.3. The second-order valence-electron chi connectivity index (χ2n) is 14.3. The van der Waals surface area contributed by atoms with Crippen LogP contribution in [0.1, 0.15) is 74.9 Å². The molecule has 6 aromatic carbocycles. The predicted molar refractivity (Wildman–Crippen MR) is 218 cm³/mol. The summed E-state index contributed by atoms with van der Waals surface area (Å²) in [6, 6.07) is 43.2. The third-order valence-electron chi connectivity index (χ3n) is 8.37. The van der Waals surface area contributed by atoms with Crippen molar-refractivity contribution < 1.29 is 32.1 Å². The summed E-state index contributed by atoms with van der Waals surface area (Å²) in [4.78, 5) is 0. The van der Waals surface area contributed by atoms with Crippen LogP contribution in [0.5, 0.6) is 11.5 Å². The maximum absolute atomic E-state index is 13.8. The van der Waals surface area contributed by atoms with Gasteiger partial charge in [-0.05, 0) is 114 Å². The Morgan fingerprint density at radius 2 is 0.914 bits per heavy atom. The molecule has 0 aliphatic heterocycles. The Balaban J connectivity index is 0.000000217. The van der Waals surface area contributed by atoms with Crippen molar-refractivity contribution >= 4 is 0 Å². The zero-order chi connectivity index (χ0) is 42.9. The maximum Gasteiger partial charge on any atom is 0.131 e.